The van der Waals surface area contributed by atoms with Gasteiger partial charge in [0, 0.05) is 107 Å². The van der Waals surface area contributed by atoms with Gasteiger partial charge in [-0.2, -0.15) is 0 Å². The van der Waals surface area contributed by atoms with E-state index >= 15 is 0 Å². The predicted molar refractivity (Wildman–Crippen MR) is 389 cm³/mol. The molecule has 8 aromatic rings. The average molecular weight is 1350 g/mol. The maximum atomic E-state index is 13.4. The molecule has 19 heteroatoms. The number of hydrogen-bond donors (Lipinski definition) is 2. The van der Waals surface area contributed by atoms with Gasteiger partial charge in [0.2, 0.25) is 0 Å². The van der Waals surface area contributed by atoms with Crippen LogP contribution in [0.25, 0.3) is 0 Å². The summed E-state index contributed by atoms with van der Waals surface area (Å²) in [4.78, 5) is 47.8. The number of carbonyl (C=O) groups excluding carboxylic acids is 3. The monoisotopic (exact) mass is 1340 g/mol. The molecule has 3 amide bonds. The first-order valence-corrected chi connectivity index (χ1v) is 31.5. The summed E-state index contributed by atoms with van der Waals surface area (Å²) in [6.07, 6.45) is 0.788. The SMILES string of the molecule is CCN(CC)CC.CN(C(=O)Cl)c1ccccc1.CN(C)Cc1ccc(CN(Cc2ccc(Cl)cc2)C(=O)N(C)c2ccccc2)cc1.CN(C)Cc1ccc(CN)cc1.CN(C)Cc1ccc(CNCc2ccc(Cl)cc2)cc1.O=Cc1ccc(Cl)cc1.[B].[C-]#N.[Na+]. The van der Waals surface area contributed by atoms with Crippen LogP contribution in [0, 0.1) is 11.8 Å². The third-order valence-electron chi connectivity index (χ3n) is 13.5. The van der Waals surface area contributed by atoms with E-state index in [4.69, 9.17) is 64.0 Å². The first kappa shape index (κ1) is 86.6. The number of hydrogen-bond acceptors (Lipinski definition) is 10. The predicted octanol–water partition coefficient (Wildman–Crippen LogP) is 13.3. The molecule has 3 radical (unpaired) electrons. The minimum atomic E-state index is -0.476. The van der Waals surface area contributed by atoms with Crippen LogP contribution < -0.4 is 50.4 Å². The van der Waals surface area contributed by atoms with Crippen LogP contribution in [0.4, 0.5) is 21.0 Å². The summed E-state index contributed by atoms with van der Waals surface area (Å²) in [5.41, 5.74) is 17.6. The van der Waals surface area contributed by atoms with Crippen LogP contribution in [-0.4, -0.2) is 127 Å². The van der Waals surface area contributed by atoms with Gasteiger partial charge in [-0.25, -0.2) is 4.79 Å². The number of nitrogens with two attached hydrogens (primary N) is 1. The molecule has 0 aromatic heterocycles. The molecule has 0 saturated carbocycles. The number of halogens is 4. The molecule has 0 heterocycles. The van der Waals surface area contributed by atoms with Crippen molar-refractivity contribution >= 4 is 83.9 Å². The molecule has 8 aromatic carbocycles. The van der Waals surface area contributed by atoms with Crippen molar-refractivity contribution in [1.82, 2.24) is 29.8 Å². The second-order valence-corrected chi connectivity index (χ2v) is 23.3. The van der Waals surface area contributed by atoms with E-state index in [1.54, 1.807) is 36.2 Å². The van der Waals surface area contributed by atoms with Crippen molar-refractivity contribution in [2.24, 2.45) is 5.73 Å². The van der Waals surface area contributed by atoms with Gasteiger partial charge >= 0.3 is 41.0 Å². The van der Waals surface area contributed by atoms with Crippen LogP contribution in [-0.2, 0) is 52.4 Å². The summed E-state index contributed by atoms with van der Waals surface area (Å²) in [5.74, 6) is 0. The summed E-state index contributed by atoms with van der Waals surface area (Å²) in [6, 6.07) is 66.8. The largest absolute Gasteiger partial charge is 1.00 e. The Morgan fingerprint density at radius 1 is 0.441 bits per heavy atom. The summed E-state index contributed by atoms with van der Waals surface area (Å²) >= 11 is 22.7. The first-order chi connectivity index (χ1) is 43.7. The van der Waals surface area contributed by atoms with E-state index in [2.05, 4.69) is 173 Å². The molecule has 0 aliphatic heterocycles. The van der Waals surface area contributed by atoms with E-state index in [1.165, 1.54) is 57.9 Å². The molecule has 0 aliphatic carbocycles. The normalized spacial score (nSPS) is 10.0. The van der Waals surface area contributed by atoms with Gasteiger partial charge in [-0.05, 0) is 179 Å². The fourth-order valence-corrected chi connectivity index (χ4v) is 8.98. The minimum absolute atomic E-state index is 0. The fraction of sp³-hybridized carbons (Fsp3) is 0.297. The molecule has 8 rings (SSSR count). The summed E-state index contributed by atoms with van der Waals surface area (Å²) in [7, 11) is 15.9. The molecular formula is C74H93BCl4N10NaO3. The smallest absolute Gasteiger partial charge is 0.512 e. The van der Waals surface area contributed by atoms with Crippen LogP contribution in [0.15, 0.2) is 206 Å². The van der Waals surface area contributed by atoms with Gasteiger partial charge in [0.1, 0.15) is 6.29 Å². The zero-order chi connectivity index (χ0) is 67.5. The molecule has 0 saturated heterocycles. The Morgan fingerprint density at radius 3 is 1.01 bits per heavy atom. The van der Waals surface area contributed by atoms with Crippen molar-refractivity contribution in [1.29, 1.82) is 5.26 Å². The molecule has 0 aliphatic rings. The van der Waals surface area contributed by atoms with Crippen molar-refractivity contribution in [3.05, 3.63) is 278 Å². The van der Waals surface area contributed by atoms with Crippen LogP contribution >= 0.6 is 46.4 Å². The summed E-state index contributed by atoms with van der Waals surface area (Å²) < 4.78 is 0. The standard InChI is InChI=1S/C25H28ClN3O.C17H21ClN2.C10H16N2.C8H8ClNO.C7H5ClO.C6H15N.CN.B.Na/c1-27(2)17-20-9-11-21(12-10-20)18-29(19-22-13-15-23(26)16-14-22)25(30)28(3)24-7-5-4-6-8-24;1-20(2)13-16-5-3-14(4-6-16)11-19-12-15-7-9-17(18)10-8-15;1-12(2)8-10-5-3-9(7-11)4-6-10;1-10(8(9)11)7-5-3-2-4-6-7;8-7-3-1-6(5-9)2-4-7;1-4-7(5-2)6-3;1-2;;/h4-16H,17-19H2,1-3H3;3-10,19H,11-13H2,1-2H3;3-6H,7-8,11H2,1-2H3;2-6H,1H3;1-5H;4-6H2,1-3H3;;;/q;;;;;;-1;;+1. The maximum absolute atomic E-state index is 13.4. The average Bonchev–Trinajstić information content (AvgIpc) is 1.24. The molecule has 0 fully saturated rings. The molecule has 93 heavy (non-hydrogen) atoms. The molecule has 0 atom stereocenters. The van der Waals surface area contributed by atoms with Crippen LogP contribution in [0.5, 0.6) is 0 Å². The zero-order valence-corrected chi connectivity index (χ0v) is 61.5. The first-order valence-electron chi connectivity index (χ1n) is 30.0. The molecule has 489 valence electrons. The zero-order valence-electron chi connectivity index (χ0n) is 56.5. The third-order valence-corrected chi connectivity index (χ3v) is 14.5. The van der Waals surface area contributed by atoms with Crippen molar-refractivity contribution in [3.63, 3.8) is 0 Å². The van der Waals surface area contributed by atoms with Gasteiger partial charge in [-0.3, -0.25) is 14.5 Å². The number of amides is 3. The van der Waals surface area contributed by atoms with Crippen molar-refractivity contribution in [2.45, 2.75) is 73.1 Å². The quantitative estimate of drug-likeness (QED) is 0.0235. The number of aldehydes is 1. The van der Waals surface area contributed by atoms with Crippen molar-refractivity contribution in [3.8, 4) is 0 Å². The van der Waals surface area contributed by atoms with E-state index in [0.29, 0.717) is 35.2 Å². The number of anilines is 2. The minimum Gasteiger partial charge on any atom is -0.512 e. The van der Waals surface area contributed by atoms with Crippen molar-refractivity contribution in [2.75, 3.05) is 85.8 Å². The summed E-state index contributed by atoms with van der Waals surface area (Å²) in [6.45, 7) is 21.1. The Kier molecular flexibility index (Phi) is 47.6. The van der Waals surface area contributed by atoms with E-state index in [1.807, 2.05) is 109 Å². The van der Waals surface area contributed by atoms with Crippen LogP contribution in [0.2, 0.25) is 15.1 Å². The van der Waals surface area contributed by atoms with Gasteiger partial charge in [0.05, 0.1) is 0 Å². The Labute approximate surface area is 600 Å². The second kappa shape index (κ2) is 51.0. The fourth-order valence-electron chi connectivity index (χ4n) is 8.50. The Morgan fingerprint density at radius 2 is 0.720 bits per heavy atom. The Balaban J connectivity index is 0.00000116. The Hall–Kier alpha value is -6.36. The van der Waals surface area contributed by atoms with E-state index < -0.39 is 5.37 Å². The van der Waals surface area contributed by atoms with Crippen LogP contribution in [0.1, 0.15) is 75.6 Å². The molecule has 0 spiro atoms. The van der Waals surface area contributed by atoms with Gasteiger partial charge in [0.25, 0.3) is 0 Å². The van der Waals surface area contributed by atoms with Gasteiger partial charge in [0.15, 0.2) is 0 Å². The Bertz CT molecular complexity index is 3220. The number of urea groups is 1. The third kappa shape index (κ3) is 38.0. The molecule has 3 N–H and O–H groups in total. The van der Waals surface area contributed by atoms with E-state index in [9.17, 15) is 14.4 Å². The van der Waals surface area contributed by atoms with E-state index in [-0.39, 0.29) is 44.0 Å². The van der Waals surface area contributed by atoms with E-state index in [0.717, 1.165) is 66.5 Å². The number of carbonyl (C=O) groups is 3. The number of nitrogens with zero attached hydrogens (tertiary/aromatic N) is 8. The second-order valence-electron chi connectivity index (χ2n) is 21.7. The number of para-hydroxylation sites is 2. The van der Waals surface area contributed by atoms with Gasteiger partial charge in [-0.15, -0.1) is 0 Å². The number of nitrogens with one attached hydrogen (secondary N) is 1. The van der Waals surface area contributed by atoms with Crippen molar-refractivity contribution < 1.29 is 43.9 Å². The van der Waals surface area contributed by atoms with Gasteiger partial charge < -0.3 is 52.3 Å². The summed E-state index contributed by atoms with van der Waals surface area (Å²) in [5, 5.41) is 11.3. The maximum Gasteiger partial charge on any atom is 1.00 e. The topological polar surface area (TPSA) is 136 Å². The molecule has 0 unspecified atom stereocenters. The molecule has 13 nitrogen and oxygen atoms in total. The molecule has 0 bridgehead atoms. The van der Waals surface area contributed by atoms with Crippen LogP contribution in [0.3, 0.4) is 0 Å². The number of benzene rings is 8. The van der Waals surface area contributed by atoms with Gasteiger partial charge in [-0.1, -0.05) is 201 Å². The number of rotatable bonds is 21. The molecular weight excluding hydrogens is 1250 g/mol.